The number of H-pyrrole nitrogens is 1. The van der Waals surface area contributed by atoms with Crippen LogP contribution in [-0.2, 0) is 0 Å². The van der Waals surface area contributed by atoms with Crippen LogP contribution in [0.15, 0.2) is 42.6 Å². The van der Waals surface area contributed by atoms with Crippen molar-refractivity contribution in [3.05, 3.63) is 64.3 Å². The number of nitrogens with two attached hydrogens (primary N) is 1. The molecule has 0 amide bonds. The summed E-state index contributed by atoms with van der Waals surface area (Å²) >= 11 is 6.46. The highest BCUT2D eigenvalue weighted by Gasteiger charge is 2.33. The molecule has 2 atom stereocenters. The van der Waals surface area contributed by atoms with Gasteiger partial charge in [0.15, 0.2) is 0 Å². The van der Waals surface area contributed by atoms with E-state index in [1.807, 2.05) is 18.2 Å². The predicted octanol–water partition coefficient (Wildman–Crippen LogP) is 4.41. The Morgan fingerprint density at radius 3 is 2.87 bits per heavy atom. The Balaban J connectivity index is 1.88. The number of methoxy groups -OCH3 is 1. The lowest BCUT2D eigenvalue weighted by atomic mass is 9.92. The summed E-state index contributed by atoms with van der Waals surface area (Å²) in [6.45, 7) is 0.646. The maximum Gasteiger partial charge on any atom is 0.119 e. The van der Waals surface area contributed by atoms with Crippen molar-refractivity contribution in [2.75, 3.05) is 13.7 Å². The molecule has 0 unspecified atom stereocenters. The van der Waals surface area contributed by atoms with Crippen LogP contribution >= 0.6 is 11.6 Å². The molecule has 3 N–H and O–H groups in total. The predicted molar refractivity (Wildman–Crippen MR) is 94.6 cm³/mol. The molecule has 3 aromatic rings. The number of hydrogen-bond acceptors (Lipinski definition) is 2. The van der Waals surface area contributed by atoms with Crippen LogP contribution in [-0.4, -0.2) is 18.6 Å². The van der Waals surface area contributed by atoms with Crippen LogP contribution in [0, 0.1) is 0 Å². The summed E-state index contributed by atoms with van der Waals surface area (Å²) in [4.78, 5) is 3.35. The van der Waals surface area contributed by atoms with Crippen molar-refractivity contribution >= 4 is 22.5 Å². The van der Waals surface area contributed by atoms with Crippen LogP contribution in [0.4, 0.5) is 0 Å². The lowest BCUT2D eigenvalue weighted by Crippen LogP contribution is -2.09. The molecule has 1 aliphatic carbocycles. The highest BCUT2D eigenvalue weighted by Crippen LogP contribution is 2.48. The average molecular weight is 327 g/mol. The average Bonchev–Trinajstić information content (AvgIpc) is 3.16. The molecule has 0 fully saturated rings. The number of aromatic amines is 1. The van der Waals surface area contributed by atoms with Crippen LogP contribution < -0.4 is 10.5 Å². The summed E-state index contributed by atoms with van der Waals surface area (Å²) < 4.78 is 5.38. The van der Waals surface area contributed by atoms with Crippen molar-refractivity contribution < 1.29 is 4.74 Å². The first-order valence-corrected chi connectivity index (χ1v) is 8.24. The monoisotopic (exact) mass is 326 g/mol. The molecule has 1 aromatic heterocycles. The lowest BCUT2D eigenvalue weighted by molar-refractivity contribution is 0.414. The first-order valence-electron chi connectivity index (χ1n) is 7.86. The summed E-state index contributed by atoms with van der Waals surface area (Å²) in [6, 6.07) is 12.3. The number of ether oxygens (including phenoxy) is 1. The molecule has 3 nitrogen and oxygen atoms in total. The van der Waals surface area contributed by atoms with Gasteiger partial charge in [-0.3, -0.25) is 0 Å². The van der Waals surface area contributed by atoms with Crippen LogP contribution in [0.25, 0.3) is 10.9 Å². The zero-order valence-electron chi connectivity index (χ0n) is 13.0. The highest BCUT2D eigenvalue weighted by molar-refractivity contribution is 6.35. The quantitative estimate of drug-likeness (QED) is 0.749. The van der Waals surface area contributed by atoms with Gasteiger partial charge in [0.2, 0.25) is 0 Å². The van der Waals surface area contributed by atoms with Crippen molar-refractivity contribution in [3.8, 4) is 5.75 Å². The Bertz CT molecular complexity index is 871. The molecular formula is C19H19ClN2O. The summed E-state index contributed by atoms with van der Waals surface area (Å²) in [7, 11) is 1.70. The minimum absolute atomic E-state index is 0.318. The Hall–Kier alpha value is -1.97. The third kappa shape index (κ3) is 2.23. The Morgan fingerprint density at radius 1 is 1.22 bits per heavy atom. The van der Waals surface area contributed by atoms with Gasteiger partial charge < -0.3 is 15.5 Å². The zero-order chi connectivity index (χ0) is 16.0. The van der Waals surface area contributed by atoms with Crippen molar-refractivity contribution in [3.63, 3.8) is 0 Å². The number of rotatable bonds is 3. The minimum Gasteiger partial charge on any atom is -0.497 e. The van der Waals surface area contributed by atoms with E-state index in [0.717, 1.165) is 28.1 Å². The second kappa shape index (κ2) is 5.59. The lowest BCUT2D eigenvalue weighted by Gasteiger charge is -2.12. The van der Waals surface area contributed by atoms with Crippen LogP contribution in [0.3, 0.4) is 0 Å². The number of nitrogens with one attached hydrogen (secondary N) is 1. The van der Waals surface area contributed by atoms with Gasteiger partial charge >= 0.3 is 0 Å². The molecule has 4 heteroatoms. The fraction of sp³-hybridized carbons (Fsp3) is 0.263. The molecule has 0 spiro atoms. The molecule has 0 radical (unpaired) electrons. The van der Waals surface area contributed by atoms with E-state index < -0.39 is 0 Å². The molecule has 0 bridgehead atoms. The molecule has 2 aromatic carbocycles. The van der Waals surface area contributed by atoms with Gasteiger partial charge in [0, 0.05) is 23.0 Å². The van der Waals surface area contributed by atoms with E-state index in [-0.39, 0.29) is 0 Å². The third-order valence-corrected chi connectivity index (χ3v) is 5.29. The van der Waals surface area contributed by atoms with E-state index in [1.54, 1.807) is 7.11 Å². The normalized spacial score (nSPS) is 20.0. The fourth-order valence-electron chi connectivity index (χ4n) is 3.85. The van der Waals surface area contributed by atoms with Gasteiger partial charge in [-0.05, 0) is 59.8 Å². The van der Waals surface area contributed by atoms with E-state index in [4.69, 9.17) is 22.1 Å². The molecule has 4 rings (SSSR count). The summed E-state index contributed by atoms with van der Waals surface area (Å²) in [5.41, 5.74) is 11.0. The van der Waals surface area contributed by atoms with Gasteiger partial charge in [-0.15, -0.1) is 0 Å². The number of hydrogen-bond donors (Lipinski definition) is 2. The Morgan fingerprint density at radius 2 is 2.09 bits per heavy atom. The molecule has 118 valence electrons. The van der Waals surface area contributed by atoms with Crippen LogP contribution in [0.5, 0.6) is 5.75 Å². The van der Waals surface area contributed by atoms with E-state index in [1.165, 1.54) is 16.7 Å². The number of benzene rings is 2. The number of halogens is 1. The van der Waals surface area contributed by atoms with E-state index >= 15 is 0 Å². The topological polar surface area (TPSA) is 51.0 Å². The van der Waals surface area contributed by atoms with E-state index in [2.05, 4.69) is 29.4 Å². The Labute approximate surface area is 140 Å². The second-order valence-corrected chi connectivity index (χ2v) is 6.53. The summed E-state index contributed by atoms with van der Waals surface area (Å²) in [5.74, 6) is 1.57. The maximum absolute atomic E-state index is 6.46. The minimum atomic E-state index is 0.318. The smallest absolute Gasteiger partial charge is 0.119 e. The Kier molecular flexibility index (Phi) is 3.55. The molecule has 1 heterocycles. The van der Waals surface area contributed by atoms with Gasteiger partial charge in [0.1, 0.15) is 5.75 Å². The first-order chi connectivity index (χ1) is 11.2. The fourth-order valence-corrected chi connectivity index (χ4v) is 4.13. The van der Waals surface area contributed by atoms with Gasteiger partial charge in [0.25, 0.3) is 0 Å². The van der Waals surface area contributed by atoms with Crippen LogP contribution in [0.1, 0.15) is 34.9 Å². The van der Waals surface area contributed by atoms with E-state index in [0.29, 0.717) is 18.4 Å². The van der Waals surface area contributed by atoms with Gasteiger partial charge in [-0.1, -0.05) is 23.7 Å². The largest absolute Gasteiger partial charge is 0.497 e. The molecule has 1 aliphatic rings. The summed E-state index contributed by atoms with van der Waals surface area (Å²) in [6.07, 6.45) is 3.10. The van der Waals surface area contributed by atoms with Crippen molar-refractivity contribution in [2.24, 2.45) is 5.73 Å². The van der Waals surface area contributed by atoms with Crippen molar-refractivity contribution in [1.29, 1.82) is 0 Å². The summed E-state index contributed by atoms with van der Waals surface area (Å²) in [5, 5.41) is 1.92. The maximum atomic E-state index is 6.46. The van der Waals surface area contributed by atoms with Crippen molar-refractivity contribution in [1.82, 2.24) is 4.98 Å². The second-order valence-electron chi connectivity index (χ2n) is 6.12. The first kappa shape index (κ1) is 14.6. The number of fused-ring (bicyclic) bond motifs is 2. The van der Waals surface area contributed by atoms with E-state index in [9.17, 15) is 0 Å². The zero-order valence-corrected chi connectivity index (χ0v) is 13.7. The van der Waals surface area contributed by atoms with Gasteiger partial charge in [-0.2, -0.15) is 0 Å². The molecule has 0 saturated heterocycles. The SMILES string of the molecule is COc1ccc2c(c1)[C@@H](CN)C[C@H]2c1c[nH]c2cccc(Cl)c12. The highest BCUT2D eigenvalue weighted by atomic mass is 35.5. The molecule has 23 heavy (non-hydrogen) atoms. The van der Waals surface area contributed by atoms with Crippen LogP contribution in [0.2, 0.25) is 5.02 Å². The standard InChI is InChI=1S/C19H19ClN2O/c1-23-12-5-6-13-14(8-12)11(9-21)7-15(13)16-10-22-18-4-2-3-17(20)19(16)18/h2-6,8,10-11,15,22H,7,9,21H2,1H3/t11-,15-/m1/s1. The van der Waals surface area contributed by atoms with Gasteiger partial charge in [0.05, 0.1) is 12.1 Å². The molecule has 0 aliphatic heterocycles. The third-order valence-electron chi connectivity index (χ3n) is 4.97. The van der Waals surface area contributed by atoms with Gasteiger partial charge in [-0.25, -0.2) is 0 Å². The number of aromatic nitrogens is 1. The molecular weight excluding hydrogens is 308 g/mol. The molecule has 0 saturated carbocycles. The van der Waals surface area contributed by atoms with Crippen molar-refractivity contribution in [2.45, 2.75) is 18.3 Å².